The van der Waals surface area contributed by atoms with Crippen LogP contribution in [0.25, 0.3) is 0 Å². The third-order valence-electron chi connectivity index (χ3n) is 3.95. The lowest BCUT2D eigenvalue weighted by molar-refractivity contribution is -0.119. The van der Waals surface area contributed by atoms with E-state index in [2.05, 4.69) is 22.2 Å². The van der Waals surface area contributed by atoms with Gasteiger partial charge < -0.3 is 19.9 Å². The van der Waals surface area contributed by atoms with E-state index in [9.17, 15) is 14.4 Å². The van der Waals surface area contributed by atoms with E-state index in [1.54, 1.807) is 23.6 Å². The molecule has 0 spiro atoms. The summed E-state index contributed by atoms with van der Waals surface area (Å²) >= 11 is 2.91. The predicted molar refractivity (Wildman–Crippen MR) is 107 cm³/mol. The first-order chi connectivity index (χ1) is 13.0. The van der Waals surface area contributed by atoms with Gasteiger partial charge in [0.25, 0.3) is 5.56 Å². The van der Waals surface area contributed by atoms with Gasteiger partial charge in [0, 0.05) is 31.0 Å². The van der Waals surface area contributed by atoms with Crippen LogP contribution in [0.3, 0.4) is 0 Å². The molecule has 0 unspecified atom stereocenters. The number of aromatic nitrogens is 2. The first kappa shape index (κ1) is 21.6. The average Bonchev–Trinajstić information content (AvgIpc) is 2.65. The molecule has 8 nitrogen and oxygen atoms in total. The van der Waals surface area contributed by atoms with Gasteiger partial charge in [-0.05, 0) is 25.5 Å². The van der Waals surface area contributed by atoms with Crippen LogP contribution >= 0.6 is 23.5 Å². The minimum atomic E-state index is -0.297. The summed E-state index contributed by atoms with van der Waals surface area (Å²) in [6, 6.07) is 1.53. The maximum absolute atomic E-state index is 12.2. The molecule has 0 radical (unpaired) electrons. The Bertz CT molecular complexity index is 690. The molecule has 1 aliphatic rings. The van der Waals surface area contributed by atoms with E-state index in [0.717, 1.165) is 11.4 Å². The third-order valence-corrected chi connectivity index (χ3v) is 5.73. The van der Waals surface area contributed by atoms with E-state index in [0.29, 0.717) is 43.4 Å². The number of nitrogens with zero attached hydrogens (tertiary/aromatic N) is 2. The minimum Gasteiger partial charge on any atom is -0.450 e. The number of thioether (sulfide) groups is 2. The highest BCUT2D eigenvalue weighted by Gasteiger charge is 2.24. The molecule has 1 fully saturated rings. The van der Waals surface area contributed by atoms with Crippen LogP contribution < -0.4 is 10.9 Å². The van der Waals surface area contributed by atoms with Gasteiger partial charge in [-0.1, -0.05) is 18.7 Å². The van der Waals surface area contributed by atoms with E-state index < -0.39 is 0 Å². The number of H-pyrrole nitrogens is 1. The van der Waals surface area contributed by atoms with Crippen molar-refractivity contribution in [3.8, 4) is 0 Å². The summed E-state index contributed by atoms with van der Waals surface area (Å²) < 4.78 is 4.99. The maximum Gasteiger partial charge on any atom is 0.409 e. The van der Waals surface area contributed by atoms with Gasteiger partial charge in [0.15, 0.2) is 5.16 Å². The molecule has 0 aliphatic carbocycles. The molecule has 2 rings (SSSR count). The van der Waals surface area contributed by atoms with E-state index in [4.69, 9.17) is 4.74 Å². The molecule has 0 saturated carbocycles. The fourth-order valence-corrected chi connectivity index (χ4v) is 3.92. The van der Waals surface area contributed by atoms with Crippen LogP contribution in [0.4, 0.5) is 4.79 Å². The number of rotatable bonds is 8. The van der Waals surface area contributed by atoms with Gasteiger partial charge in [0.2, 0.25) is 5.91 Å². The summed E-state index contributed by atoms with van der Waals surface area (Å²) in [6.45, 7) is 5.34. The molecule has 1 aromatic rings. The number of amides is 2. The number of carbonyl (C=O) groups excluding carboxylic acids is 2. The van der Waals surface area contributed by atoms with Crippen molar-refractivity contribution < 1.29 is 14.3 Å². The van der Waals surface area contributed by atoms with Crippen LogP contribution in [0.5, 0.6) is 0 Å². The number of hydrogen-bond donors (Lipinski definition) is 2. The molecule has 2 N–H and O–H groups in total. The molecular formula is C17H26N4O4S2. The van der Waals surface area contributed by atoms with Crippen molar-refractivity contribution in [1.29, 1.82) is 0 Å². The van der Waals surface area contributed by atoms with E-state index in [-0.39, 0.29) is 29.4 Å². The normalized spacial score (nSPS) is 14.8. The highest BCUT2D eigenvalue weighted by Crippen LogP contribution is 2.15. The highest BCUT2D eigenvalue weighted by atomic mass is 32.2. The lowest BCUT2D eigenvalue weighted by Gasteiger charge is -2.31. The van der Waals surface area contributed by atoms with Crippen molar-refractivity contribution in [1.82, 2.24) is 20.2 Å². The first-order valence-corrected chi connectivity index (χ1v) is 11.2. The Morgan fingerprint density at radius 3 is 2.78 bits per heavy atom. The fourth-order valence-electron chi connectivity index (χ4n) is 2.66. The van der Waals surface area contributed by atoms with Crippen LogP contribution in [0, 0.1) is 0 Å². The quantitative estimate of drug-likeness (QED) is 0.494. The number of aromatic amines is 1. The van der Waals surface area contributed by atoms with Gasteiger partial charge >= 0.3 is 6.09 Å². The van der Waals surface area contributed by atoms with Crippen molar-refractivity contribution in [3.05, 3.63) is 22.1 Å². The Balaban J connectivity index is 1.76. The van der Waals surface area contributed by atoms with Crippen LogP contribution in [0.2, 0.25) is 0 Å². The standard InChI is InChI=1S/C17H26N4O4S2/c1-3-25-17(24)21-7-5-12(6-8-21)18-15(23)11-27-16-19-13(10-26-4-2)9-14(22)20-16/h9,12H,3-8,10-11H2,1-2H3,(H,18,23)(H,19,20,22). The first-order valence-electron chi connectivity index (χ1n) is 9.03. The Kier molecular flexibility index (Phi) is 8.99. The van der Waals surface area contributed by atoms with Crippen LogP contribution in [-0.2, 0) is 15.3 Å². The van der Waals surface area contributed by atoms with E-state index >= 15 is 0 Å². The zero-order valence-corrected chi connectivity index (χ0v) is 17.3. The molecule has 0 aromatic carbocycles. The monoisotopic (exact) mass is 414 g/mol. The number of likely N-dealkylation sites (tertiary alicyclic amines) is 1. The van der Waals surface area contributed by atoms with Gasteiger partial charge in [-0.2, -0.15) is 11.8 Å². The van der Waals surface area contributed by atoms with E-state index in [1.165, 1.54) is 17.8 Å². The Labute approximate surface area is 167 Å². The Morgan fingerprint density at radius 1 is 1.37 bits per heavy atom. The largest absolute Gasteiger partial charge is 0.450 e. The van der Waals surface area contributed by atoms with Gasteiger partial charge in [-0.25, -0.2) is 9.78 Å². The molecule has 1 saturated heterocycles. The molecule has 0 atom stereocenters. The summed E-state index contributed by atoms with van der Waals surface area (Å²) in [6.07, 6.45) is 1.11. The second-order valence-electron chi connectivity index (χ2n) is 6.00. The van der Waals surface area contributed by atoms with Crippen LogP contribution in [0.15, 0.2) is 16.0 Å². The summed E-state index contributed by atoms with van der Waals surface area (Å²) in [4.78, 5) is 44.3. The van der Waals surface area contributed by atoms with Crippen molar-refractivity contribution in [2.75, 3.05) is 31.2 Å². The molecule has 1 aromatic heterocycles. The molecule has 150 valence electrons. The highest BCUT2D eigenvalue weighted by molar-refractivity contribution is 7.99. The van der Waals surface area contributed by atoms with Gasteiger partial charge in [-0.15, -0.1) is 0 Å². The lowest BCUT2D eigenvalue weighted by Crippen LogP contribution is -2.47. The summed E-state index contributed by atoms with van der Waals surface area (Å²) in [5, 5.41) is 3.44. The average molecular weight is 415 g/mol. The Hall–Kier alpha value is -1.68. The second kappa shape index (κ2) is 11.2. The van der Waals surface area contributed by atoms with Crippen molar-refractivity contribution in [2.45, 2.75) is 43.6 Å². The summed E-state index contributed by atoms with van der Waals surface area (Å²) in [5.41, 5.74) is 0.519. The van der Waals surface area contributed by atoms with Crippen LogP contribution in [0.1, 0.15) is 32.4 Å². The predicted octanol–water partition coefficient (Wildman–Crippen LogP) is 1.85. The summed E-state index contributed by atoms with van der Waals surface area (Å²) in [5.74, 6) is 1.71. The van der Waals surface area contributed by atoms with Crippen LogP contribution in [-0.4, -0.2) is 64.1 Å². The fraction of sp³-hybridized carbons (Fsp3) is 0.647. The maximum atomic E-state index is 12.2. The lowest BCUT2D eigenvalue weighted by atomic mass is 10.1. The summed E-state index contributed by atoms with van der Waals surface area (Å²) in [7, 11) is 0. The molecule has 2 amide bonds. The van der Waals surface area contributed by atoms with Crippen molar-refractivity contribution >= 4 is 35.5 Å². The van der Waals surface area contributed by atoms with Crippen molar-refractivity contribution in [3.63, 3.8) is 0 Å². The minimum absolute atomic E-state index is 0.0445. The third kappa shape index (κ3) is 7.45. The molecule has 10 heteroatoms. The topological polar surface area (TPSA) is 104 Å². The number of ether oxygens (including phenoxy) is 1. The molecule has 2 heterocycles. The van der Waals surface area contributed by atoms with Gasteiger partial charge in [0.1, 0.15) is 0 Å². The molecule has 27 heavy (non-hydrogen) atoms. The molecule has 0 bridgehead atoms. The number of carbonyl (C=O) groups is 2. The smallest absolute Gasteiger partial charge is 0.409 e. The number of hydrogen-bond acceptors (Lipinski definition) is 7. The molecular weight excluding hydrogens is 388 g/mol. The molecule has 1 aliphatic heterocycles. The number of piperidine rings is 1. The Morgan fingerprint density at radius 2 is 2.11 bits per heavy atom. The zero-order valence-electron chi connectivity index (χ0n) is 15.7. The zero-order chi connectivity index (χ0) is 19.6. The van der Waals surface area contributed by atoms with E-state index in [1.807, 2.05) is 0 Å². The van der Waals surface area contributed by atoms with Gasteiger partial charge in [-0.3, -0.25) is 9.59 Å². The number of nitrogens with one attached hydrogen (secondary N) is 2. The second-order valence-corrected chi connectivity index (χ2v) is 8.23. The SMILES string of the molecule is CCOC(=O)N1CCC(NC(=O)CSc2nc(CSCC)cc(=O)[nH]2)CC1. The van der Waals surface area contributed by atoms with Crippen molar-refractivity contribution in [2.24, 2.45) is 0 Å². The van der Waals surface area contributed by atoms with Gasteiger partial charge in [0.05, 0.1) is 18.1 Å².